The summed E-state index contributed by atoms with van der Waals surface area (Å²) < 4.78 is 0. The van der Waals surface area contributed by atoms with Gasteiger partial charge < -0.3 is 11.1 Å². The highest BCUT2D eigenvalue weighted by Gasteiger charge is 2.19. The average molecular weight is 280 g/mol. The summed E-state index contributed by atoms with van der Waals surface area (Å²) in [6.45, 7) is 3.92. The summed E-state index contributed by atoms with van der Waals surface area (Å²) in [5.74, 6) is -0.00333. The molecule has 0 radical (unpaired) electrons. The molecule has 2 rings (SSSR count). The zero-order valence-electron chi connectivity index (χ0n) is 10.6. The number of amides is 1. The number of nitrogens with one attached hydrogen (secondary N) is 2. The van der Waals surface area contributed by atoms with E-state index in [0.29, 0.717) is 10.7 Å². The number of anilines is 2. The van der Waals surface area contributed by atoms with Gasteiger partial charge in [-0.3, -0.25) is 9.89 Å². The van der Waals surface area contributed by atoms with Crippen molar-refractivity contribution >= 4 is 29.0 Å². The number of nitrogens with two attached hydrogens (primary N) is 1. The zero-order valence-corrected chi connectivity index (χ0v) is 11.3. The van der Waals surface area contributed by atoms with Crippen molar-refractivity contribution in [1.82, 2.24) is 15.2 Å². The van der Waals surface area contributed by atoms with E-state index in [1.807, 2.05) is 13.8 Å². The summed E-state index contributed by atoms with van der Waals surface area (Å²) in [4.78, 5) is 16.0. The van der Waals surface area contributed by atoms with E-state index in [-0.39, 0.29) is 17.4 Å². The summed E-state index contributed by atoms with van der Waals surface area (Å²) >= 11 is 5.91. The minimum absolute atomic E-state index is 0.144. The molecule has 6 nitrogen and oxygen atoms in total. The Bertz CT molecular complexity index is 608. The summed E-state index contributed by atoms with van der Waals surface area (Å²) in [6, 6.07) is 3.31. The third-order valence-corrected chi connectivity index (χ3v) is 2.92. The van der Waals surface area contributed by atoms with Crippen LogP contribution in [-0.2, 0) is 0 Å². The van der Waals surface area contributed by atoms with Crippen molar-refractivity contribution in [2.75, 3.05) is 11.1 Å². The fourth-order valence-corrected chi connectivity index (χ4v) is 1.79. The number of nitrogen functional groups attached to an aromatic ring is 1. The Kier molecular flexibility index (Phi) is 3.71. The third-order valence-electron chi connectivity index (χ3n) is 2.62. The molecule has 4 N–H and O–H groups in total. The molecule has 0 fully saturated rings. The number of H-pyrrole nitrogens is 1. The summed E-state index contributed by atoms with van der Waals surface area (Å²) in [7, 11) is 0. The lowest BCUT2D eigenvalue weighted by molar-refractivity contribution is 0.102. The number of hydrogen-bond donors (Lipinski definition) is 3. The van der Waals surface area contributed by atoms with E-state index in [0.717, 1.165) is 5.69 Å². The molecule has 2 aromatic rings. The van der Waals surface area contributed by atoms with E-state index in [1.54, 1.807) is 12.1 Å². The van der Waals surface area contributed by atoms with Crippen LogP contribution in [0.4, 0.5) is 11.5 Å². The number of carbonyl (C=O) groups excluding carboxylic acids is 1. The second-order valence-corrected chi connectivity index (χ2v) is 4.75. The second kappa shape index (κ2) is 5.27. The predicted octanol–water partition coefficient (Wildman–Crippen LogP) is 2.42. The highest BCUT2D eigenvalue weighted by Crippen LogP contribution is 2.23. The SMILES string of the molecule is CC(C)c1[nH]nc(C(=O)Nc2ncccc2Cl)c1N. The van der Waals surface area contributed by atoms with Crippen LogP contribution in [0.5, 0.6) is 0 Å². The molecule has 19 heavy (non-hydrogen) atoms. The minimum Gasteiger partial charge on any atom is -0.395 e. The van der Waals surface area contributed by atoms with Crippen LogP contribution >= 0.6 is 11.6 Å². The van der Waals surface area contributed by atoms with E-state index < -0.39 is 5.91 Å². The number of carbonyl (C=O) groups is 1. The van der Waals surface area contributed by atoms with Gasteiger partial charge in [0.25, 0.3) is 5.91 Å². The Morgan fingerprint density at radius 3 is 2.84 bits per heavy atom. The van der Waals surface area contributed by atoms with Gasteiger partial charge in [-0.2, -0.15) is 5.10 Å². The Morgan fingerprint density at radius 2 is 2.26 bits per heavy atom. The smallest absolute Gasteiger partial charge is 0.279 e. The molecule has 0 saturated heterocycles. The fraction of sp³-hybridized carbons (Fsp3) is 0.250. The minimum atomic E-state index is -0.443. The van der Waals surface area contributed by atoms with Gasteiger partial charge in [0.1, 0.15) is 0 Å². The molecule has 7 heteroatoms. The molecule has 2 heterocycles. The van der Waals surface area contributed by atoms with Crippen molar-refractivity contribution in [3.8, 4) is 0 Å². The van der Waals surface area contributed by atoms with Crippen LogP contribution in [0, 0.1) is 0 Å². The van der Waals surface area contributed by atoms with Gasteiger partial charge in [-0.15, -0.1) is 0 Å². The van der Waals surface area contributed by atoms with Crippen molar-refractivity contribution in [3.05, 3.63) is 34.7 Å². The van der Waals surface area contributed by atoms with Gasteiger partial charge in [-0.05, 0) is 18.1 Å². The lowest BCUT2D eigenvalue weighted by Crippen LogP contribution is -2.15. The average Bonchev–Trinajstić information content (AvgIpc) is 2.74. The van der Waals surface area contributed by atoms with Crippen LogP contribution in [0.15, 0.2) is 18.3 Å². The van der Waals surface area contributed by atoms with E-state index in [2.05, 4.69) is 20.5 Å². The number of rotatable bonds is 3. The third kappa shape index (κ3) is 2.68. The largest absolute Gasteiger partial charge is 0.395 e. The van der Waals surface area contributed by atoms with Crippen molar-refractivity contribution in [2.45, 2.75) is 19.8 Å². The lowest BCUT2D eigenvalue weighted by Gasteiger charge is -2.05. The summed E-state index contributed by atoms with van der Waals surface area (Å²) in [6.07, 6.45) is 1.54. The normalized spacial score (nSPS) is 10.7. The topological polar surface area (TPSA) is 96.7 Å². The van der Waals surface area contributed by atoms with E-state index in [9.17, 15) is 4.79 Å². The number of aromatic nitrogens is 3. The van der Waals surface area contributed by atoms with Crippen molar-refractivity contribution in [3.63, 3.8) is 0 Å². The van der Waals surface area contributed by atoms with Gasteiger partial charge in [0.05, 0.1) is 16.4 Å². The molecule has 0 aliphatic carbocycles. The Balaban J connectivity index is 2.24. The standard InChI is InChI=1S/C12H14ClN5O/c1-6(2)9-8(14)10(18-17-9)12(19)16-11-7(13)4-3-5-15-11/h3-6H,14H2,1-2H3,(H,17,18)(H,15,16,19). The molecule has 0 saturated carbocycles. The van der Waals surface area contributed by atoms with Gasteiger partial charge >= 0.3 is 0 Å². The molecule has 0 aliphatic rings. The van der Waals surface area contributed by atoms with Crippen LogP contribution < -0.4 is 11.1 Å². The van der Waals surface area contributed by atoms with Gasteiger partial charge in [0, 0.05) is 6.20 Å². The zero-order chi connectivity index (χ0) is 14.0. The van der Waals surface area contributed by atoms with Crippen molar-refractivity contribution in [1.29, 1.82) is 0 Å². The Labute approximate surface area is 115 Å². The molecule has 0 unspecified atom stereocenters. The van der Waals surface area contributed by atoms with Gasteiger partial charge in [-0.1, -0.05) is 25.4 Å². The molecule has 0 aliphatic heterocycles. The van der Waals surface area contributed by atoms with Gasteiger partial charge in [-0.25, -0.2) is 4.98 Å². The number of halogens is 1. The van der Waals surface area contributed by atoms with Crippen molar-refractivity contribution < 1.29 is 4.79 Å². The molecule has 1 amide bonds. The number of aromatic amines is 1. The summed E-state index contributed by atoms with van der Waals surface area (Å²) in [5, 5.41) is 9.63. The molecular weight excluding hydrogens is 266 g/mol. The highest BCUT2D eigenvalue weighted by atomic mass is 35.5. The van der Waals surface area contributed by atoms with E-state index >= 15 is 0 Å². The molecular formula is C12H14ClN5O. The summed E-state index contributed by atoms with van der Waals surface area (Å²) in [5.41, 5.74) is 7.11. The number of hydrogen-bond acceptors (Lipinski definition) is 4. The number of nitrogens with zero attached hydrogens (tertiary/aromatic N) is 2. The fourth-order valence-electron chi connectivity index (χ4n) is 1.62. The van der Waals surface area contributed by atoms with Gasteiger partial charge in [0.15, 0.2) is 11.5 Å². The molecule has 0 bridgehead atoms. The van der Waals surface area contributed by atoms with Crippen LogP contribution in [0.3, 0.4) is 0 Å². The maximum Gasteiger partial charge on any atom is 0.279 e. The lowest BCUT2D eigenvalue weighted by atomic mass is 10.1. The van der Waals surface area contributed by atoms with Crippen LogP contribution in [-0.4, -0.2) is 21.1 Å². The number of pyridine rings is 1. The molecule has 100 valence electrons. The molecule has 0 spiro atoms. The molecule has 0 atom stereocenters. The first-order chi connectivity index (χ1) is 9.00. The van der Waals surface area contributed by atoms with Crippen LogP contribution in [0.1, 0.15) is 35.9 Å². The maximum atomic E-state index is 12.1. The quantitative estimate of drug-likeness (QED) is 0.804. The van der Waals surface area contributed by atoms with Crippen LogP contribution in [0.25, 0.3) is 0 Å². The van der Waals surface area contributed by atoms with Gasteiger partial charge in [0.2, 0.25) is 0 Å². The first kappa shape index (κ1) is 13.4. The highest BCUT2D eigenvalue weighted by molar-refractivity contribution is 6.33. The van der Waals surface area contributed by atoms with Crippen molar-refractivity contribution in [2.24, 2.45) is 0 Å². The Hall–Kier alpha value is -2.08. The van der Waals surface area contributed by atoms with Crippen LogP contribution in [0.2, 0.25) is 5.02 Å². The predicted molar refractivity (Wildman–Crippen MR) is 74.3 cm³/mol. The second-order valence-electron chi connectivity index (χ2n) is 4.34. The molecule has 0 aromatic carbocycles. The first-order valence-corrected chi connectivity index (χ1v) is 6.14. The van der Waals surface area contributed by atoms with E-state index in [4.69, 9.17) is 17.3 Å². The first-order valence-electron chi connectivity index (χ1n) is 5.76. The maximum absolute atomic E-state index is 12.1. The molecule has 2 aromatic heterocycles. The monoisotopic (exact) mass is 279 g/mol. The van der Waals surface area contributed by atoms with E-state index in [1.165, 1.54) is 6.20 Å². The Morgan fingerprint density at radius 1 is 1.53 bits per heavy atom.